The van der Waals surface area contributed by atoms with E-state index in [-0.39, 0.29) is 17.2 Å². The van der Waals surface area contributed by atoms with Crippen molar-refractivity contribution in [2.75, 3.05) is 6.54 Å². The number of hydrogen-bond donors (Lipinski definition) is 1. The number of nitrogens with one attached hydrogen (secondary N) is 1. The molecule has 0 spiro atoms. The molecule has 3 amide bonds. The highest BCUT2D eigenvalue weighted by Crippen LogP contribution is 2.30. The summed E-state index contributed by atoms with van der Waals surface area (Å²) in [5, 5.41) is 14.0. The second-order valence-corrected chi connectivity index (χ2v) is 6.59. The maximum absolute atomic E-state index is 12.4. The van der Waals surface area contributed by atoms with E-state index in [4.69, 9.17) is 0 Å². The average Bonchev–Trinajstić information content (AvgIpc) is 2.82. The van der Waals surface area contributed by atoms with E-state index in [2.05, 4.69) is 12.2 Å². The summed E-state index contributed by atoms with van der Waals surface area (Å²) in [6.45, 7) is 1.64. The summed E-state index contributed by atoms with van der Waals surface area (Å²) < 4.78 is 0. The molecule has 1 heterocycles. The highest BCUT2D eigenvalue weighted by atomic mass is 16.6. The molecule has 8 heteroatoms. The van der Waals surface area contributed by atoms with Crippen LogP contribution in [-0.2, 0) is 4.79 Å². The summed E-state index contributed by atoms with van der Waals surface area (Å²) in [6.07, 6.45) is 4.08. The molecule has 1 aliphatic carbocycles. The number of benzene rings is 1. The van der Waals surface area contributed by atoms with Crippen molar-refractivity contribution in [3.63, 3.8) is 0 Å². The number of carbonyl (C=O) groups is 3. The standard InChI is InChI=1S/C17H19N3O5/c1-10-5-2-3-7-12(10)18-14(21)9-19-16(22)11-6-4-8-13(20(24)25)15(11)17(19)23/h4,6,8,10,12H,2-3,5,7,9H2,1H3,(H,18,21)/t10-,12+/m0/s1. The van der Waals surface area contributed by atoms with Crippen LogP contribution in [0.1, 0.15) is 53.3 Å². The zero-order chi connectivity index (χ0) is 18.1. The molecule has 1 aromatic rings. The van der Waals surface area contributed by atoms with Crippen molar-refractivity contribution >= 4 is 23.4 Å². The molecule has 1 saturated carbocycles. The van der Waals surface area contributed by atoms with Crippen LogP contribution in [0.3, 0.4) is 0 Å². The predicted octanol–water partition coefficient (Wildman–Crippen LogP) is 1.89. The van der Waals surface area contributed by atoms with Gasteiger partial charge in [0.2, 0.25) is 5.91 Å². The van der Waals surface area contributed by atoms with Gasteiger partial charge in [-0.15, -0.1) is 0 Å². The Morgan fingerprint density at radius 2 is 2.00 bits per heavy atom. The van der Waals surface area contributed by atoms with Gasteiger partial charge in [-0.1, -0.05) is 25.8 Å². The van der Waals surface area contributed by atoms with Crippen LogP contribution in [0.2, 0.25) is 0 Å². The molecule has 1 aromatic carbocycles. The molecule has 0 unspecified atom stereocenters. The minimum absolute atomic E-state index is 0.0296. The third-order valence-corrected chi connectivity index (χ3v) is 4.93. The largest absolute Gasteiger partial charge is 0.352 e. The Bertz CT molecular complexity index is 761. The van der Waals surface area contributed by atoms with E-state index in [0.29, 0.717) is 5.92 Å². The first-order chi connectivity index (χ1) is 11.9. The van der Waals surface area contributed by atoms with E-state index < -0.39 is 34.9 Å². The van der Waals surface area contributed by atoms with E-state index in [1.807, 2.05) is 0 Å². The van der Waals surface area contributed by atoms with Crippen molar-refractivity contribution in [2.45, 2.75) is 38.6 Å². The van der Waals surface area contributed by atoms with Gasteiger partial charge in [-0.05, 0) is 24.8 Å². The van der Waals surface area contributed by atoms with Gasteiger partial charge < -0.3 is 5.32 Å². The summed E-state index contributed by atoms with van der Waals surface area (Å²) in [5.74, 6) is -1.54. The molecule has 1 aliphatic heterocycles. The summed E-state index contributed by atoms with van der Waals surface area (Å²) >= 11 is 0. The van der Waals surface area contributed by atoms with Crippen molar-refractivity contribution in [2.24, 2.45) is 5.92 Å². The molecule has 2 aliphatic rings. The van der Waals surface area contributed by atoms with Crippen LogP contribution in [0.4, 0.5) is 5.69 Å². The lowest BCUT2D eigenvalue weighted by atomic mass is 9.86. The monoisotopic (exact) mass is 345 g/mol. The topological polar surface area (TPSA) is 110 Å². The van der Waals surface area contributed by atoms with Gasteiger partial charge in [0.1, 0.15) is 12.1 Å². The molecule has 2 atom stereocenters. The van der Waals surface area contributed by atoms with Crippen molar-refractivity contribution in [1.29, 1.82) is 0 Å². The Kier molecular flexibility index (Phi) is 4.52. The number of carbonyl (C=O) groups excluding carboxylic acids is 3. The van der Waals surface area contributed by atoms with Crippen LogP contribution in [-0.4, -0.2) is 40.1 Å². The number of imide groups is 1. The fourth-order valence-electron chi connectivity index (χ4n) is 3.54. The number of hydrogen-bond acceptors (Lipinski definition) is 5. The van der Waals surface area contributed by atoms with Crippen molar-refractivity contribution in [1.82, 2.24) is 10.2 Å². The van der Waals surface area contributed by atoms with Gasteiger partial charge in [-0.2, -0.15) is 0 Å². The van der Waals surface area contributed by atoms with Gasteiger partial charge in [-0.25, -0.2) is 0 Å². The highest BCUT2D eigenvalue weighted by molar-refractivity contribution is 6.24. The van der Waals surface area contributed by atoms with Crippen molar-refractivity contribution in [3.8, 4) is 0 Å². The van der Waals surface area contributed by atoms with Crippen LogP contribution >= 0.6 is 0 Å². The first-order valence-corrected chi connectivity index (χ1v) is 8.33. The molecule has 25 heavy (non-hydrogen) atoms. The quantitative estimate of drug-likeness (QED) is 0.509. The molecule has 1 N–H and O–H groups in total. The normalized spacial score (nSPS) is 22.7. The molecule has 0 saturated heterocycles. The number of amides is 3. The smallest absolute Gasteiger partial charge is 0.282 e. The van der Waals surface area contributed by atoms with E-state index in [0.717, 1.165) is 30.6 Å². The maximum Gasteiger partial charge on any atom is 0.282 e. The molecule has 132 valence electrons. The SMILES string of the molecule is C[C@H]1CCCC[C@H]1NC(=O)CN1C(=O)c2cccc([N+](=O)[O-])c2C1=O. The summed E-state index contributed by atoms with van der Waals surface area (Å²) in [7, 11) is 0. The van der Waals surface area contributed by atoms with E-state index in [1.54, 1.807) is 0 Å². The van der Waals surface area contributed by atoms with Crippen LogP contribution in [0, 0.1) is 16.0 Å². The minimum atomic E-state index is -0.792. The Morgan fingerprint density at radius 3 is 2.68 bits per heavy atom. The fraction of sp³-hybridized carbons (Fsp3) is 0.471. The van der Waals surface area contributed by atoms with E-state index in [9.17, 15) is 24.5 Å². The molecule has 0 aromatic heterocycles. The second-order valence-electron chi connectivity index (χ2n) is 6.59. The highest BCUT2D eigenvalue weighted by Gasteiger charge is 2.41. The lowest BCUT2D eigenvalue weighted by molar-refractivity contribution is -0.385. The number of fused-ring (bicyclic) bond motifs is 1. The zero-order valence-electron chi connectivity index (χ0n) is 13.9. The molecule has 0 radical (unpaired) electrons. The number of nitro groups is 1. The predicted molar refractivity (Wildman–Crippen MR) is 88.0 cm³/mol. The van der Waals surface area contributed by atoms with Crippen LogP contribution < -0.4 is 5.32 Å². The summed E-state index contributed by atoms with van der Waals surface area (Å²) in [6, 6.07) is 3.93. The average molecular weight is 345 g/mol. The lowest BCUT2D eigenvalue weighted by Gasteiger charge is -2.30. The fourth-order valence-corrected chi connectivity index (χ4v) is 3.54. The third-order valence-electron chi connectivity index (χ3n) is 4.93. The van der Waals surface area contributed by atoms with Crippen LogP contribution in [0.5, 0.6) is 0 Å². The van der Waals surface area contributed by atoms with Gasteiger partial charge >= 0.3 is 0 Å². The molecule has 8 nitrogen and oxygen atoms in total. The number of nitro benzene ring substituents is 1. The van der Waals surface area contributed by atoms with Crippen LogP contribution in [0.25, 0.3) is 0 Å². The van der Waals surface area contributed by atoms with Gasteiger partial charge in [0.15, 0.2) is 0 Å². The van der Waals surface area contributed by atoms with E-state index >= 15 is 0 Å². The van der Waals surface area contributed by atoms with Gasteiger partial charge in [0.05, 0.1) is 10.5 Å². The summed E-state index contributed by atoms with van der Waals surface area (Å²) in [4.78, 5) is 48.3. The maximum atomic E-state index is 12.4. The first-order valence-electron chi connectivity index (χ1n) is 8.33. The molecule has 0 bridgehead atoms. The lowest BCUT2D eigenvalue weighted by Crippen LogP contribution is -2.46. The molecular formula is C17H19N3O5. The number of nitrogens with zero attached hydrogens (tertiary/aromatic N) is 2. The summed E-state index contributed by atoms with van der Waals surface area (Å²) in [5.41, 5.74) is -0.686. The first kappa shape index (κ1) is 17.1. The molecule has 3 rings (SSSR count). The second kappa shape index (κ2) is 6.62. The Balaban J connectivity index is 1.75. The van der Waals surface area contributed by atoms with Crippen LogP contribution in [0.15, 0.2) is 18.2 Å². The third kappa shape index (κ3) is 3.11. The van der Waals surface area contributed by atoms with Crippen molar-refractivity contribution < 1.29 is 19.3 Å². The Labute approximate surface area is 144 Å². The molecular weight excluding hydrogens is 326 g/mol. The van der Waals surface area contributed by atoms with Gasteiger partial charge in [-0.3, -0.25) is 29.4 Å². The molecule has 1 fully saturated rings. The van der Waals surface area contributed by atoms with Gasteiger partial charge in [0, 0.05) is 12.1 Å². The van der Waals surface area contributed by atoms with Crippen molar-refractivity contribution in [3.05, 3.63) is 39.4 Å². The minimum Gasteiger partial charge on any atom is -0.352 e. The Hall–Kier alpha value is -2.77. The zero-order valence-corrected chi connectivity index (χ0v) is 13.9. The number of rotatable bonds is 4. The van der Waals surface area contributed by atoms with Gasteiger partial charge in [0.25, 0.3) is 17.5 Å². The van der Waals surface area contributed by atoms with E-state index in [1.165, 1.54) is 18.2 Å². The Morgan fingerprint density at radius 1 is 1.28 bits per heavy atom.